The zero-order valence-electron chi connectivity index (χ0n) is 7.36. The van der Waals surface area contributed by atoms with Gasteiger partial charge in [-0.15, -0.1) is 0 Å². The van der Waals surface area contributed by atoms with Gasteiger partial charge in [0.2, 0.25) is 0 Å². The van der Waals surface area contributed by atoms with Crippen molar-refractivity contribution in [3.05, 3.63) is 6.92 Å². The Balaban J connectivity index is 6.04. The number of halogens is 11. The van der Waals surface area contributed by atoms with Crippen molar-refractivity contribution in [3.63, 3.8) is 0 Å². The highest BCUT2D eigenvalue weighted by molar-refractivity contribution is 5.11. The maximum absolute atomic E-state index is 12.6. The Bertz CT molecular complexity index is 262. The molecule has 0 aliphatic heterocycles. The van der Waals surface area contributed by atoms with Gasteiger partial charge < -0.3 is 0 Å². The van der Waals surface area contributed by atoms with Crippen molar-refractivity contribution in [1.82, 2.24) is 0 Å². The van der Waals surface area contributed by atoms with Crippen LogP contribution in [-0.2, 0) is 0 Å². The maximum atomic E-state index is 12.6. The zero-order valence-corrected chi connectivity index (χ0v) is 7.36. The van der Waals surface area contributed by atoms with Gasteiger partial charge >= 0.3 is 29.9 Å². The van der Waals surface area contributed by atoms with E-state index in [4.69, 9.17) is 0 Å². The van der Waals surface area contributed by atoms with E-state index in [-0.39, 0.29) is 0 Å². The predicted molar refractivity (Wildman–Crippen MR) is 31.2 cm³/mol. The summed E-state index contributed by atoms with van der Waals surface area (Å²) in [5.74, 6) is -13.2. The second-order valence-corrected chi connectivity index (χ2v) is 2.93. The minimum absolute atomic E-state index is 1.11. The summed E-state index contributed by atoms with van der Waals surface area (Å²) in [6.07, 6.45) is -14.6. The highest BCUT2D eigenvalue weighted by Crippen LogP contribution is 2.58. The van der Waals surface area contributed by atoms with Gasteiger partial charge in [0.1, 0.15) is 0 Å². The van der Waals surface area contributed by atoms with Crippen molar-refractivity contribution in [2.24, 2.45) is 0 Å². The third kappa shape index (κ3) is 2.15. The Hall–Kier alpha value is -0.770. The van der Waals surface area contributed by atoms with Crippen LogP contribution in [-0.4, -0.2) is 29.9 Å². The predicted octanol–water partition coefficient (Wildman–Crippen LogP) is 3.92. The van der Waals surface area contributed by atoms with E-state index in [0.29, 0.717) is 0 Å². The lowest BCUT2D eigenvalue weighted by Gasteiger charge is -2.38. The molecule has 0 nitrogen and oxygen atoms in total. The van der Waals surface area contributed by atoms with Crippen molar-refractivity contribution in [2.75, 3.05) is 0 Å². The van der Waals surface area contributed by atoms with Gasteiger partial charge in [0.15, 0.2) is 0 Å². The molecule has 0 amide bonds. The van der Waals surface area contributed by atoms with E-state index >= 15 is 0 Å². The quantitative estimate of drug-likeness (QED) is 0.674. The highest BCUT2D eigenvalue weighted by Gasteiger charge is 2.89. The molecule has 0 atom stereocenters. The molecule has 0 aliphatic rings. The summed E-state index contributed by atoms with van der Waals surface area (Å²) in [4.78, 5) is 0. The molecule has 1 radical (unpaired) electrons. The van der Waals surface area contributed by atoms with Crippen LogP contribution in [0.5, 0.6) is 0 Å². The molecular formula is C6H2F11. The second-order valence-electron chi connectivity index (χ2n) is 2.93. The average Bonchev–Trinajstić information content (AvgIpc) is 1.95. The molecule has 0 heterocycles. The van der Waals surface area contributed by atoms with Crippen molar-refractivity contribution in [2.45, 2.75) is 29.9 Å². The normalized spacial score (nSPS) is 16.2. The average molecular weight is 283 g/mol. The number of alkyl halides is 11. The topological polar surface area (TPSA) is 0 Å². The van der Waals surface area contributed by atoms with Crippen LogP contribution in [0.25, 0.3) is 0 Å². The van der Waals surface area contributed by atoms with E-state index in [1.807, 2.05) is 0 Å². The summed E-state index contributed by atoms with van der Waals surface area (Å²) in [6.45, 7) is 1.11. The highest BCUT2D eigenvalue weighted by atomic mass is 19.4. The molecule has 0 saturated heterocycles. The second kappa shape index (κ2) is 3.61. The van der Waals surface area contributed by atoms with Gasteiger partial charge in [0.05, 0.1) is 0 Å². The van der Waals surface area contributed by atoms with Gasteiger partial charge in [-0.05, 0) is 0 Å². The molecule has 0 bridgehead atoms. The lowest BCUT2D eigenvalue weighted by Crippen LogP contribution is -2.69. The Morgan fingerprint density at radius 3 is 0.824 bits per heavy atom. The molecule has 0 aromatic carbocycles. The first-order valence-electron chi connectivity index (χ1n) is 3.43. The lowest BCUT2D eigenvalue weighted by atomic mass is 9.91. The van der Waals surface area contributed by atoms with Crippen LogP contribution in [0.4, 0.5) is 48.3 Å². The summed E-state index contributed by atoms with van der Waals surface area (Å²) < 4.78 is 131. The van der Waals surface area contributed by atoms with Crippen LogP contribution >= 0.6 is 0 Å². The first kappa shape index (κ1) is 16.2. The molecule has 0 unspecified atom stereocenters. The smallest absolute Gasteiger partial charge is 0.216 e. The summed E-state index contributed by atoms with van der Waals surface area (Å²) in [5, 5.41) is 0. The van der Waals surface area contributed by atoms with Crippen LogP contribution in [0.1, 0.15) is 0 Å². The van der Waals surface area contributed by atoms with E-state index in [9.17, 15) is 48.3 Å². The number of hydrogen-bond acceptors (Lipinski definition) is 0. The van der Waals surface area contributed by atoms with Crippen LogP contribution in [0, 0.1) is 6.92 Å². The van der Waals surface area contributed by atoms with Crippen LogP contribution in [0.15, 0.2) is 0 Å². The molecule has 0 spiro atoms. The standard InChI is InChI=1S/C6H2F11/c1-2(7,8)4(10,11)3(9,5(12,13)14)6(15,16)17/h1H2. The fraction of sp³-hybridized carbons (Fsp3) is 0.833. The fourth-order valence-corrected chi connectivity index (χ4v) is 0.769. The minimum Gasteiger partial charge on any atom is -0.216 e. The van der Waals surface area contributed by atoms with E-state index in [0.717, 1.165) is 6.92 Å². The lowest BCUT2D eigenvalue weighted by molar-refractivity contribution is -0.421. The SMILES string of the molecule is [CH2]C(F)(F)C(F)(F)C(F)(C(F)(F)F)C(F)(F)F. The Morgan fingerprint density at radius 1 is 0.529 bits per heavy atom. The Labute approximate surface area is 86.4 Å². The number of rotatable bonds is 2. The van der Waals surface area contributed by atoms with Gasteiger partial charge in [0.25, 0.3) is 0 Å². The third-order valence-corrected chi connectivity index (χ3v) is 1.67. The molecule has 17 heavy (non-hydrogen) atoms. The van der Waals surface area contributed by atoms with Crippen molar-refractivity contribution in [3.8, 4) is 0 Å². The molecule has 0 N–H and O–H groups in total. The largest absolute Gasteiger partial charge is 0.438 e. The van der Waals surface area contributed by atoms with Gasteiger partial charge in [0, 0.05) is 6.92 Å². The first-order valence-corrected chi connectivity index (χ1v) is 3.43. The monoisotopic (exact) mass is 283 g/mol. The molecule has 0 fully saturated rings. The first-order chi connectivity index (χ1) is 7.00. The summed E-state index contributed by atoms with van der Waals surface area (Å²) >= 11 is 0. The van der Waals surface area contributed by atoms with Crippen LogP contribution < -0.4 is 0 Å². The zero-order chi connectivity index (χ0) is 14.5. The summed E-state index contributed by atoms with van der Waals surface area (Å²) in [5.41, 5.74) is -7.39. The molecular weight excluding hydrogens is 281 g/mol. The minimum atomic E-state index is -7.39. The molecule has 103 valence electrons. The summed E-state index contributed by atoms with van der Waals surface area (Å²) in [6, 6.07) is 0. The van der Waals surface area contributed by atoms with Crippen molar-refractivity contribution in [1.29, 1.82) is 0 Å². The third-order valence-electron chi connectivity index (χ3n) is 1.67. The molecule has 0 aliphatic carbocycles. The Kier molecular flexibility index (Phi) is 3.45. The van der Waals surface area contributed by atoms with Gasteiger partial charge in [-0.25, -0.2) is 4.39 Å². The molecule has 0 rings (SSSR count). The van der Waals surface area contributed by atoms with Gasteiger partial charge in [-0.1, -0.05) is 0 Å². The van der Waals surface area contributed by atoms with E-state index in [1.54, 1.807) is 0 Å². The van der Waals surface area contributed by atoms with Crippen molar-refractivity contribution < 1.29 is 48.3 Å². The number of hydrogen-bond donors (Lipinski definition) is 0. The molecule has 0 saturated carbocycles. The van der Waals surface area contributed by atoms with E-state index in [1.165, 1.54) is 0 Å². The van der Waals surface area contributed by atoms with Crippen molar-refractivity contribution >= 4 is 0 Å². The fourth-order valence-electron chi connectivity index (χ4n) is 0.769. The van der Waals surface area contributed by atoms with Crippen LogP contribution in [0.3, 0.4) is 0 Å². The summed E-state index contributed by atoms with van der Waals surface area (Å²) in [7, 11) is 0. The van der Waals surface area contributed by atoms with E-state index in [2.05, 4.69) is 0 Å². The molecule has 11 heteroatoms. The van der Waals surface area contributed by atoms with E-state index < -0.39 is 29.9 Å². The molecule has 0 aromatic heterocycles. The Morgan fingerprint density at radius 2 is 0.765 bits per heavy atom. The van der Waals surface area contributed by atoms with Gasteiger partial charge in [-0.3, -0.25) is 0 Å². The maximum Gasteiger partial charge on any atom is 0.438 e. The molecule has 0 aromatic rings. The van der Waals surface area contributed by atoms with Crippen LogP contribution in [0.2, 0.25) is 0 Å². The van der Waals surface area contributed by atoms with Gasteiger partial charge in [-0.2, -0.15) is 43.9 Å².